The fourth-order valence-electron chi connectivity index (χ4n) is 2.44. The fourth-order valence-corrected chi connectivity index (χ4v) is 2.44. The topological polar surface area (TPSA) is 40.5 Å². The van der Waals surface area contributed by atoms with Crippen molar-refractivity contribution in [3.8, 4) is 5.75 Å². The van der Waals surface area contributed by atoms with Crippen molar-refractivity contribution in [1.82, 2.24) is 0 Å². The van der Waals surface area contributed by atoms with Gasteiger partial charge in [0.05, 0.1) is 5.60 Å². The molecule has 2 rings (SSSR count). The molecule has 2 heteroatoms. The number of aromatic hydroxyl groups is 1. The minimum Gasteiger partial charge on any atom is -0.508 e. The van der Waals surface area contributed by atoms with Crippen LogP contribution in [0.25, 0.3) is 0 Å². The van der Waals surface area contributed by atoms with E-state index in [0.717, 1.165) is 11.1 Å². The Bertz CT molecular complexity index is 587. The molecule has 1 atom stereocenters. The van der Waals surface area contributed by atoms with Gasteiger partial charge in [-0.25, -0.2) is 0 Å². The standard InChI is InChI=1S/C19H24O2/c1-18(2,3)15-7-5-14(6-8-15)13-19(4,21)16-9-11-17(20)12-10-16/h5-12,20-21H,13H2,1-4H3. The third-order valence-electron chi connectivity index (χ3n) is 3.86. The normalized spacial score (nSPS) is 14.7. The van der Waals surface area contributed by atoms with Crippen LogP contribution in [0.15, 0.2) is 48.5 Å². The summed E-state index contributed by atoms with van der Waals surface area (Å²) in [5.41, 5.74) is 2.38. The molecule has 1 unspecified atom stereocenters. The zero-order valence-corrected chi connectivity index (χ0v) is 13.2. The minimum absolute atomic E-state index is 0.137. The van der Waals surface area contributed by atoms with Gasteiger partial charge in [0.15, 0.2) is 0 Å². The molecule has 112 valence electrons. The maximum Gasteiger partial charge on any atom is 0.115 e. The Balaban J connectivity index is 2.18. The van der Waals surface area contributed by atoms with Gasteiger partial charge in [0.25, 0.3) is 0 Å². The van der Waals surface area contributed by atoms with E-state index in [4.69, 9.17) is 0 Å². The van der Waals surface area contributed by atoms with Gasteiger partial charge in [0.2, 0.25) is 0 Å². The summed E-state index contributed by atoms with van der Waals surface area (Å²) in [6, 6.07) is 15.1. The lowest BCUT2D eigenvalue weighted by Crippen LogP contribution is -2.24. The van der Waals surface area contributed by atoms with Crippen molar-refractivity contribution < 1.29 is 10.2 Å². The second kappa shape index (κ2) is 5.53. The van der Waals surface area contributed by atoms with Gasteiger partial charge in [-0.05, 0) is 41.2 Å². The Morgan fingerprint density at radius 3 is 1.71 bits per heavy atom. The van der Waals surface area contributed by atoms with E-state index < -0.39 is 5.60 Å². The molecule has 0 spiro atoms. The summed E-state index contributed by atoms with van der Waals surface area (Å²) in [7, 11) is 0. The second-order valence-electron chi connectivity index (χ2n) is 6.94. The van der Waals surface area contributed by atoms with Crippen LogP contribution in [-0.4, -0.2) is 10.2 Å². The highest BCUT2D eigenvalue weighted by molar-refractivity contribution is 5.33. The third kappa shape index (κ3) is 3.85. The van der Waals surface area contributed by atoms with Gasteiger partial charge >= 0.3 is 0 Å². The zero-order chi connectivity index (χ0) is 15.7. The predicted molar refractivity (Wildman–Crippen MR) is 86.5 cm³/mol. The van der Waals surface area contributed by atoms with Crippen molar-refractivity contribution in [1.29, 1.82) is 0 Å². The van der Waals surface area contributed by atoms with Gasteiger partial charge in [-0.3, -0.25) is 0 Å². The van der Waals surface area contributed by atoms with E-state index in [1.165, 1.54) is 5.56 Å². The highest BCUT2D eigenvalue weighted by Crippen LogP contribution is 2.28. The van der Waals surface area contributed by atoms with E-state index in [1.54, 1.807) is 31.2 Å². The first-order chi connectivity index (χ1) is 9.68. The monoisotopic (exact) mass is 284 g/mol. The summed E-state index contributed by atoms with van der Waals surface area (Å²) in [5.74, 6) is 0.212. The molecule has 0 aliphatic carbocycles. The largest absolute Gasteiger partial charge is 0.508 e. The molecule has 2 aromatic carbocycles. The van der Waals surface area contributed by atoms with Crippen molar-refractivity contribution in [2.24, 2.45) is 0 Å². The lowest BCUT2D eigenvalue weighted by Gasteiger charge is -2.25. The Hall–Kier alpha value is -1.80. The SMILES string of the molecule is CC(C)(C)c1ccc(CC(C)(O)c2ccc(O)cc2)cc1. The summed E-state index contributed by atoms with van der Waals surface area (Å²) < 4.78 is 0. The molecule has 0 aromatic heterocycles. The van der Waals surface area contributed by atoms with Crippen LogP contribution in [0.4, 0.5) is 0 Å². The molecular formula is C19H24O2. The number of phenols is 1. The van der Waals surface area contributed by atoms with Gasteiger partial charge in [-0.2, -0.15) is 0 Å². The molecule has 0 bridgehead atoms. The van der Waals surface area contributed by atoms with Crippen LogP contribution in [0.1, 0.15) is 44.4 Å². The molecule has 0 saturated heterocycles. The quantitative estimate of drug-likeness (QED) is 0.889. The Labute approximate surface area is 127 Å². The van der Waals surface area contributed by atoms with Crippen molar-refractivity contribution in [2.45, 2.75) is 45.1 Å². The minimum atomic E-state index is -0.947. The Kier molecular flexibility index (Phi) is 4.11. The van der Waals surface area contributed by atoms with Gasteiger partial charge < -0.3 is 10.2 Å². The summed E-state index contributed by atoms with van der Waals surface area (Å²) in [4.78, 5) is 0. The molecule has 0 saturated carbocycles. The van der Waals surface area contributed by atoms with E-state index in [-0.39, 0.29) is 11.2 Å². The van der Waals surface area contributed by atoms with Crippen LogP contribution in [0, 0.1) is 0 Å². The van der Waals surface area contributed by atoms with Gasteiger partial charge in [0, 0.05) is 6.42 Å². The summed E-state index contributed by atoms with van der Waals surface area (Å²) in [6.07, 6.45) is 0.544. The van der Waals surface area contributed by atoms with Gasteiger partial charge in [0.1, 0.15) is 5.75 Å². The van der Waals surface area contributed by atoms with Gasteiger partial charge in [-0.1, -0.05) is 57.2 Å². The Morgan fingerprint density at radius 1 is 0.762 bits per heavy atom. The number of benzene rings is 2. The molecule has 0 fully saturated rings. The van der Waals surface area contributed by atoms with Gasteiger partial charge in [-0.15, -0.1) is 0 Å². The molecule has 21 heavy (non-hydrogen) atoms. The fraction of sp³-hybridized carbons (Fsp3) is 0.368. The Morgan fingerprint density at radius 2 is 1.24 bits per heavy atom. The first-order valence-electron chi connectivity index (χ1n) is 7.30. The average molecular weight is 284 g/mol. The lowest BCUT2D eigenvalue weighted by molar-refractivity contribution is 0.0576. The van der Waals surface area contributed by atoms with Crippen molar-refractivity contribution in [3.63, 3.8) is 0 Å². The van der Waals surface area contributed by atoms with Crippen LogP contribution < -0.4 is 0 Å². The van der Waals surface area contributed by atoms with E-state index in [9.17, 15) is 10.2 Å². The maximum absolute atomic E-state index is 10.7. The summed E-state index contributed by atoms with van der Waals surface area (Å²) in [5, 5.41) is 20.0. The van der Waals surface area contributed by atoms with Crippen LogP contribution in [0.3, 0.4) is 0 Å². The molecule has 0 heterocycles. The predicted octanol–water partition coefficient (Wildman–Crippen LogP) is 4.14. The smallest absolute Gasteiger partial charge is 0.115 e. The lowest BCUT2D eigenvalue weighted by atomic mass is 9.84. The first kappa shape index (κ1) is 15.6. The number of aliphatic hydroxyl groups is 1. The molecule has 0 aliphatic rings. The van der Waals surface area contributed by atoms with Crippen LogP contribution in [-0.2, 0) is 17.4 Å². The second-order valence-corrected chi connectivity index (χ2v) is 6.94. The molecule has 0 amide bonds. The highest BCUT2D eigenvalue weighted by atomic mass is 16.3. The van der Waals surface area contributed by atoms with E-state index in [1.807, 2.05) is 0 Å². The molecule has 2 nitrogen and oxygen atoms in total. The van der Waals surface area contributed by atoms with E-state index >= 15 is 0 Å². The average Bonchev–Trinajstić information content (AvgIpc) is 2.38. The van der Waals surface area contributed by atoms with Crippen LogP contribution >= 0.6 is 0 Å². The summed E-state index contributed by atoms with van der Waals surface area (Å²) in [6.45, 7) is 8.37. The molecule has 2 aromatic rings. The summed E-state index contributed by atoms with van der Waals surface area (Å²) >= 11 is 0. The number of phenolic OH excluding ortho intramolecular Hbond substituents is 1. The maximum atomic E-state index is 10.7. The molecule has 2 N–H and O–H groups in total. The van der Waals surface area contributed by atoms with E-state index in [2.05, 4.69) is 45.0 Å². The molecule has 0 radical (unpaired) electrons. The van der Waals surface area contributed by atoms with Crippen molar-refractivity contribution >= 4 is 0 Å². The molecular weight excluding hydrogens is 260 g/mol. The first-order valence-corrected chi connectivity index (χ1v) is 7.30. The number of rotatable bonds is 3. The third-order valence-corrected chi connectivity index (χ3v) is 3.86. The van der Waals surface area contributed by atoms with Crippen molar-refractivity contribution in [3.05, 3.63) is 65.2 Å². The molecule has 0 aliphatic heterocycles. The van der Waals surface area contributed by atoms with Crippen LogP contribution in [0.5, 0.6) is 5.75 Å². The zero-order valence-electron chi connectivity index (χ0n) is 13.2. The highest BCUT2D eigenvalue weighted by Gasteiger charge is 2.23. The number of hydrogen-bond donors (Lipinski definition) is 2. The number of hydrogen-bond acceptors (Lipinski definition) is 2. The van der Waals surface area contributed by atoms with Crippen LogP contribution in [0.2, 0.25) is 0 Å². The van der Waals surface area contributed by atoms with E-state index in [0.29, 0.717) is 6.42 Å². The van der Waals surface area contributed by atoms with Crippen molar-refractivity contribution in [2.75, 3.05) is 0 Å².